The molecule has 2 aliphatic heterocycles. The van der Waals surface area contributed by atoms with E-state index in [1.165, 1.54) is 25.7 Å². The number of allylic oxidation sites excluding steroid dienone is 18. The van der Waals surface area contributed by atoms with E-state index in [1.54, 1.807) is 0 Å². The van der Waals surface area contributed by atoms with Crippen LogP contribution in [0.3, 0.4) is 0 Å². The van der Waals surface area contributed by atoms with Gasteiger partial charge in [0.05, 0.1) is 26.4 Å². The Kier molecular flexibility index (Phi) is 41.3. The van der Waals surface area contributed by atoms with Crippen molar-refractivity contribution >= 4 is 5.97 Å². The fraction of sp³-hybridized carbons (Fsp3) is 0.683. The first kappa shape index (κ1) is 66.8. The second-order valence-electron chi connectivity index (χ2n) is 19.0. The van der Waals surface area contributed by atoms with E-state index in [9.17, 15) is 40.5 Å². The molecule has 2 saturated heterocycles. The van der Waals surface area contributed by atoms with Crippen molar-refractivity contribution in [1.29, 1.82) is 0 Å². The minimum absolute atomic E-state index is 0.0180. The van der Waals surface area contributed by atoms with Crippen LogP contribution in [0.15, 0.2) is 109 Å². The summed E-state index contributed by atoms with van der Waals surface area (Å²) < 4.78 is 34.3. The van der Waals surface area contributed by atoms with E-state index in [0.717, 1.165) is 109 Å². The fourth-order valence-electron chi connectivity index (χ4n) is 8.00. The highest BCUT2D eigenvalue weighted by Crippen LogP contribution is 2.26. The van der Waals surface area contributed by atoms with Gasteiger partial charge in [-0.15, -0.1) is 0 Å². The summed E-state index contributed by atoms with van der Waals surface area (Å²) in [6.07, 6.45) is 45.8. The molecule has 0 radical (unpaired) electrons. The smallest absolute Gasteiger partial charge is 0.306 e. The van der Waals surface area contributed by atoms with Gasteiger partial charge >= 0.3 is 5.97 Å². The summed E-state index contributed by atoms with van der Waals surface area (Å²) in [5, 5.41) is 72.3. The SMILES string of the molecule is CC/C=C\C/C=C\C/C=C\C/C=C\C/C=C\C/C=C\C/C=C\CCCCOCC(COC1OC(COC2OC(CO)C(O)C(O)C2O)C(O)C(O)C1O)OC(=O)CCCCCCC/C=C\C/C=C\CCCCCC. The highest BCUT2D eigenvalue weighted by Gasteiger charge is 2.47. The molecule has 0 bridgehead atoms. The van der Waals surface area contributed by atoms with Gasteiger partial charge in [0.2, 0.25) is 0 Å². The zero-order valence-corrected chi connectivity index (χ0v) is 45.0. The van der Waals surface area contributed by atoms with Crippen molar-refractivity contribution < 1.29 is 69.0 Å². The number of hydrogen-bond donors (Lipinski definition) is 7. The van der Waals surface area contributed by atoms with E-state index in [4.69, 9.17) is 28.4 Å². The first-order valence-electron chi connectivity index (χ1n) is 28.0. The fourth-order valence-corrected chi connectivity index (χ4v) is 8.00. The molecule has 11 unspecified atom stereocenters. The molecule has 422 valence electrons. The largest absolute Gasteiger partial charge is 0.457 e. The molecule has 0 spiro atoms. The predicted molar refractivity (Wildman–Crippen MR) is 293 cm³/mol. The van der Waals surface area contributed by atoms with Crippen LogP contribution < -0.4 is 0 Å². The number of unbranched alkanes of at least 4 members (excludes halogenated alkanes) is 11. The first-order chi connectivity index (χ1) is 36.1. The summed E-state index contributed by atoms with van der Waals surface area (Å²) in [6, 6.07) is 0. The maximum Gasteiger partial charge on any atom is 0.306 e. The number of aliphatic hydroxyl groups excluding tert-OH is 7. The molecule has 0 aromatic carbocycles. The molecule has 74 heavy (non-hydrogen) atoms. The van der Waals surface area contributed by atoms with E-state index in [1.807, 2.05) is 0 Å². The molecule has 2 heterocycles. The third kappa shape index (κ3) is 32.3. The van der Waals surface area contributed by atoms with Gasteiger partial charge in [-0.1, -0.05) is 162 Å². The van der Waals surface area contributed by atoms with Crippen molar-refractivity contribution in [2.45, 2.75) is 229 Å². The summed E-state index contributed by atoms with van der Waals surface area (Å²) in [4.78, 5) is 13.0. The van der Waals surface area contributed by atoms with E-state index < -0.39 is 86.7 Å². The number of rotatable bonds is 43. The zero-order chi connectivity index (χ0) is 53.7. The Morgan fingerprint density at radius 2 is 0.878 bits per heavy atom. The molecule has 0 amide bonds. The Labute approximate surface area is 444 Å². The van der Waals surface area contributed by atoms with Crippen LogP contribution in [0.1, 0.15) is 162 Å². The molecule has 11 atom stereocenters. The van der Waals surface area contributed by atoms with Gasteiger partial charge in [-0.3, -0.25) is 4.79 Å². The molecule has 2 fully saturated rings. The van der Waals surface area contributed by atoms with Gasteiger partial charge < -0.3 is 64.2 Å². The molecule has 0 saturated carbocycles. The number of carbonyl (C=O) groups excluding carboxylic acids is 1. The Morgan fingerprint density at radius 1 is 0.459 bits per heavy atom. The number of aliphatic hydroxyl groups is 7. The monoisotopic (exact) mass is 1040 g/mol. The second kappa shape index (κ2) is 45.8. The van der Waals surface area contributed by atoms with Crippen molar-refractivity contribution in [1.82, 2.24) is 0 Å². The normalized spacial score (nSPS) is 25.6. The van der Waals surface area contributed by atoms with Gasteiger partial charge in [-0.2, -0.15) is 0 Å². The van der Waals surface area contributed by atoms with Crippen molar-refractivity contribution in [3.63, 3.8) is 0 Å². The summed E-state index contributed by atoms with van der Waals surface area (Å²) >= 11 is 0. The lowest BCUT2D eigenvalue weighted by Crippen LogP contribution is -2.61. The summed E-state index contributed by atoms with van der Waals surface area (Å²) in [5.74, 6) is -0.410. The van der Waals surface area contributed by atoms with E-state index >= 15 is 0 Å². The van der Waals surface area contributed by atoms with E-state index in [2.05, 4.69) is 123 Å². The molecule has 14 heteroatoms. The van der Waals surface area contributed by atoms with Gasteiger partial charge in [-0.25, -0.2) is 0 Å². The average Bonchev–Trinajstić information content (AvgIpc) is 3.40. The molecular weight excluding hydrogens is 945 g/mol. The Morgan fingerprint density at radius 3 is 1.38 bits per heavy atom. The average molecular weight is 1040 g/mol. The highest BCUT2D eigenvalue weighted by atomic mass is 16.7. The lowest BCUT2D eigenvalue weighted by molar-refractivity contribution is -0.332. The molecule has 7 N–H and O–H groups in total. The van der Waals surface area contributed by atoms with Crippen LogP contribution in [0.5, 0.6) is 0 Å². The van der Waals surface area contributed by atoms with Crippen LogP contribution >= 0.6 is 0 Å². The highest BCUT2D eigenvalue weighted by molar-refractivity contribution is 5.69. The number of hydrogen-bond acceptors (Lipinski definition) is 14. The lowest BCUT2D eigenvalue weighted by Gasteiger charge is -2.42. The third-order valence-electron chi connectivity index (χ3n) is 12.5. The molecule has 0 aromatic heterocycles. The second-order valence-corrected chi connectivity index (χ2v) is 19.0. The molecule has 0 aliphatic carbocycles. The Bertz CT molecular complexity index is 1630. The van der Waals surface area contributed by atoms with Crippen LogP contribution in [0.2, 0.25) is 0 Å². The standard InChI is InChI=1S/C60H98O14/c1-3-5-7-9-11-13-15-17-19-21-22-23-24-25-26-27-28-30-32-34-36-38-40-42-44-69-46-49(72-52(62)43-41-39-37-35-33-31-29-20-18-16-14-12-10-8-6-4-2)47-70-59-58(68)56(66)54(64)51(74-59)48-71-60-57(67)55(65)53(63)50(45-61)73-60/h5,7,11,13-14,16-17,19-20,22-23,25-26,28-30,34,36,49-51,53-61,63-68H,3-4,6,8-10,12,15,18,21,24,27,31-33,35,37-48H2,1-2H3/b7-5-,13-11-,16-14-,19-17-,23-22-,26-25-,29-20-,30-28-,36-34-. The van der Waals surface area contributed by atoms with E-state index in [0.29, 0.717) is 13.0 Å². The van der Waals surface area contributed by atoms with Crippen molar-refractivity contribution in [3.8, 4) is 0 Å². The van der Waals surface area contributed by atoms with Crippen molar-refractivity contribution in [3.05, 3.63) is 109 Å². The van der Waals surface area contributed by atoms with E-state index in [-0.39, 0.29) is 19.6 Å². The minimum atomic E-state index is -1.72. The van der Waals surface area contributed by atoms with Gasteiger partial charge in [0.25, 0.3) is 0 Å². The molecule has 2 rings (SSSR count). The van der Waals surface area contributed by atoms with Gasteiger partial charge in [-0.05, 0) is 103 Å². The van der Waals surface area contributed by atoms with Gasteiger partial charge in [0.1, 0.15) is 54.9 Å². The van der Waals surface area contributed by atoms with Crippen LogP contribution in [0, 0.1) is 0 Å². The minimum Gasteiger partial charge on any atom is -0.457 e. The number of ether oxygens (including phenoxy) is 6. The van der Waals surface area contributed by atoms with Crippen molar-refractivity contribution in [2.75, 3.05) is 33.0 Å². The van der Waals surface area contributed by atoms with Gasteiger partial charge in [0.15, 0.2) is 12.6 Å². The summed E-state index contributed by atoms with van der Waals surface area (Å²) in [6.45, 7) is 3.40. The van der Waals surface area contributed by atoms with Crippen molar-refractivity contribution in [2.24, 2.45) is 0 Å². The summed E-state index contributed by atoms with van der Waals surface area (Å²) in [5.41, 5.74) is 0. The van der Waals surface area contributed by atoms with Crippen LogP contribution in [-0.4, -0.2) is 142 Å². The molecule has 0 aromatic rings. The number of esters is 1. The third-order valence-corrected chi connectivity index (χ3v) is 12.5. The Hall–Kier alpha value is -3.35. The van der Waals surface area contributed by atoms with Crippen LogP contribution in [0.25, 0.3) is 0 Å². The lowest BCUT2D eigenvalue weighted by atomic mass is 9.98. The predicted octanol–water partition coefficient (Wildman–Crippen LogP) is 9.57. The number of carbonyl (C=O) groups is 1. The molecular formula is C60H98O14. The topological polar surface area (TPSA) is 214 Å². The Balaban J connectivity index is 1.77. The quantitative estimate of drug-likeness (QED) is 0.0172. The zero-order valence-electron chi connectivity index (χ0n) is 45.0. The summed E-state index contributed by atoms with van der Waals surface area (Å²) in [7, 11) is 0. The molecule has 14 nitrogen and oxygen atoms in total. The van der Waals surface area contributed by atoms with Crippen LogP contribution in [0.4, 0.5) is 0 Å². The van der Waals surface area contributed by atoms with Crippen LogP contribution in [-0.2, 0) is 33.2 Å². The molecule has 2 aliphatic rings. The first-order valence-corrected chi connectivity index (χ1v) is 28.0. The maximum atomic E-state index is 13.0. The van der Waals surface area contributed by atoms with Gasteiger partial charge in [0, 0.05) is 13.0 Å². The maximum absolute atomic E-state index is 13.0.